The van der Waals surface area contributed by atoms with E-state index in [2.05, 4.69) is 200 Å². The number of benzene rings is 7. The summed E-state index contributed by atoms with van der Waals surface area (Å²) in [5, 5.41) is 3.37. The van der Waals surface area contributed by atoms with E-state index in [9.17, 15) is 0 Å². The van der Waals surface area contributed by atoms with Gasteiger partial charge in [0.15, 0.2) is 5.58 Å². The number of rotatable bonds is 6. The van der Waals surface area contributed by atoms with Crippen molar-refractivity contribution in [1.29, 1.82) is 0 Å². The molecule has 0 radical (unpaired) electrons. The molecule has 0 fully saturated rings. The van der Waals surface area contributed by atoms with Gasteiger partial charge in [-0.15, -0.1) is 0 Å². The van der Waals surface area contributed by atoms with Crippen LogP contribution in [-0.2, 0) is 5.41 Å². The second-order valence-electron chi connectivity index (χ2n) is 15.1. The predicted octanol–water partition coefficient (Wildman–Crippen LogP) is 14.8. The van der Waals surface area contributed by atoms with E-state index in [1.165, 1.54) is 16.7 Å². The van der Waals surface area contributed by atoms with E-state index in [0.717, 1.165) is 78.0 Å². The molecule has 7 aromatic carbocycles. The topological polar surface area (TPSA) is 29.5 Å². The van der Waals surface area contributed by atoms with Gasteiger partial charge >= 0.3 is 0 Å². The minimum Gasteiger partial charge on any atom is -0.457 e. The molecule has 2 aliphatic carbocycles. The molecule has 56 heavy (non-hydrogen) atoms. The highest BCUT2D eigenvalue weighted by Crippen LogP contribution is 2.50. The smallest absolute Gasteiger partial charge is 0.158 e. The second-order valence-corrected chi connectivity index (χ2v) is 15.1. The van der Waals surface area contributed by atoms with Crippen molar-refractivity contribution in [3.63, 3.8) is 0 Å². The highest BCUT2D eigenvalue weighted by Gasteiger charge is 2.40. The molecular weight excluding hydrogens is 683 g/mol. The first kappa shape index (κ1) is 32.3. The Bertz CT molecular complexity index is 3020. The molecule has 0 bridgehead atoms. The quantitative estimate of drug-likeness (QED) is 0.171. The first-order valence-electron chi connectivity index (χ1n) is 19.3. The van der Waals surface area contributed by atoms with Crippen LogP contribution in [0.1, 0.15) is 18.2 Å². The number of anilines is 3. The zero-order valence-electron chi connectivity index (χ0n) is 30.9. The van der Waals surface area contributed by atoms with Crippen LogP contribution < -0.4 is 4.90 Å². The third kappa shape index (κ3) is 5.12. The van der Waals surface area contributed by atoms with Gasteiger partial charge in [0.2, 0.25) is 0 Å². The van der Waals surface area contributed by atoms with Gasteiger partial charge in [-0.25, -0.2) is 0 Å². The van der Waals surface area contributed by atoms with Crippen LogP contribution in [0, 0.1) is 5.92 Å². The van der Waals surface area contributed by atoms with Crippen molar-refractivity contribution in [3.8, 4) is 33.4 Å². The Morgan fingerprint density at radius 3 is 1.84 bits per heavy atom. The maximum atomic E-state index is 7.04. The van der Waals surface area contributed by atoms with E-state index in [1.54, 1.807) is 0 Å². The summed E-state index contributed by atoms with van der Waals surface area (Å²) in [6, 6.07) is 58.2. The summed E-state index contributed by atoms with van der Waals surface area (Å²) in [6.07, 6.45) is 13.4. The number of hydrogen-bond donors (Lipinski definition) is 0. The van der Waals surface area contributed by atoms with Gasteiger partial charge in [-0.05, 0) is 71.1 Å². The summed E-state index contributed by atoms with van der Waals surface area (Å²) < 4.78 is 13.5. The first-order valence-corrected chi connectivity index (χ1v) is 19.3. The molecule has 0 N–H and O–H groups in total. The van der Waals surface area contributed by atoms with Crippen LogP contribution >= 0.6 is 0 Å². The van der Waals surface area contributed by atoms with E-state index in [1.807, 2.05) is 12.1 Å². The van der Waals surface area contributed by atoms with Crippen LogP contribution in [0.2, 0.25) is 0 Å². The van der Waals surface area contributed by atoms with Crippen molar-refractivity contribution < 1.29 is 8.83 Å². The van der Waals surface area contributed by atoms with Gasteiger partial charge in [0.1, 0.15) is 16.9 Å². The van der Waals surface area contributed by atoms with Gasteiger partial charge in [-0.3, -0.25) is 0 Å². The van der Waals surface area contributed by atoms with Gasteiger partial charge in [0.25, 0.3) is 0 Å². The average molecular weight is 720 g/mol. The Hall–Kier alpha value is -7.10. The molecule has 0 aliphatic heterocycles. The fraction of sp³-hybridized carbons (Fsp3) is 0.0566. The normalized spacial score (nSPS) is 17.1. The Labute approximate surface area is 325 Å². The highest BCUT2D eigenvalue weighted by molar-refractivity contribution is 6.09. The molecule has 0 saturated carbocycles. The molecule has 266 valence electrons. The number of fused-ring (bicyclic) bond motifs is 8. The minimum atomic E-state index is -0.253. The standard InChI is InChI=1S/C53H37NO2/c1-53-34-8-7-13-40(53)28-33-47-46-17-10-18-48(51(46)56-52(47)53)54(41-29-24-38(25-30-41)37-22-20-36(21-23-37)35-11-3-2-4-12-35)42-31-26-39(27-32-42)43-15-9-16-45-44-14-5-6-19-49(44)55-50(43)45/h2-34,40H,1H3. The SMILES string of the molecule is CC12C=CC=CC1C=Cc1c2oc2c(N(c3ccc(-c4ccc(-c5ccccc5)cc4)cc3)c3ccc(-c4cccc5c4oc4ccccc45)cc3)cccc12. The molecule has 0 spiro atoms. The number of nitrogens with zero attached hydrogens (tertiary/aromatic N) is 1. The Balaban J connectivity index is 1.03. The van der Waals surface area contributed by atoms with Crippen molar-refractivity contribution in [2.45, 2.75) is 12.3 Å². The molecular formula is C53H37NO2. The lowest BCUT2D eigenvalue weighted by Crippen LogP contribution is -2.31. The molecule has 11 rings (SSSR count). The molecule has 2 aliphatic rings. The highest BCUT2D eigenvalue weighted by atomic mass is 16.3. The summed E-state index contributed by atoms with van der Waals surface area (Å²) in [7, 11) is 0. The zero-order valence-corrected chi connectivity index (χ0v) is 30.9. The number of para-hydroxylation sites is 3. The van der Waals surface area contributed by atoms with Gasteiger partial charge in [0, 0.05) is 44.6 Å². The molecule has 2 unspecified atom stereocenters. The van der Waals surface area contributed by atoms with Crippen LogP contribution in [0.4, 0.5) is 17.1 Å². The van der Waals surface area contributed by atoms with Gasteiger partial charge < -0.3 is 13.7 Å². The Morgan fingerprint density at radius 2 is 1.09 bits per heavy atom. The van der Waals surface area contributed by atoms with Crippen molar-refractivity contribution in [2.75, 3.05) is 4.90 Å². The van der Waals surface area contributed by atoms with E-state index in [0.29, 0.717) is 0 Å². The van der Waals surface area contributed by atoms with Crippen molar-refractivity contribution in [2.24, 2.45) is 5.92 Å². The largest absolute Gasteiger partial charge is 0.457 e. The van der Waals surface area contributed by atoms with Gasteiger partial charge in [0.05, 0.1) is 11.1 Å². The van der Waals surface area contributed by atoms with E-state index < -0.39 is 0 Å². The predicted molar refractivity (Wildman–Crippen MR) is 233 cm³/mol. The van der Waals surface area contributed by atoms with Gasteiger partial charge in [-0.1, -0.05) is 164 Å². The van der Waals surface area contributed by atoms with Crippen LogP contribution in [-0.4, -0.2) is 0 Å². The van der Waals surface area contributed by atoms with Crippen LogP contribution in [0.5, 0.6) is 0 Å². The third-order valence-electron chi connectivity index (χ3n) is 11.8. The number of allylic oxidation sites excluding steroid dienone is 5. The molecule has 3 nitrogen and oxygen atoms in total. The lowest BCUT2D eigenvalue weighted by molar-refractivity contribution is 0.386. The maximum absolute atomic E-state index is 7.04. The first-order chi connectivity index (χ1) is 27.6. The van der Waals surface area contributed by atoms with Crippen LogP contribution in [0.3, 0.4) is 0 Å². The fourth-order valence-corrected chi connectivity index (χ4v) is 8.79. The number of hydrogen-bond acceptors (Lipinski definition) is 3. The summed E-state index contributed by atoms with van der Waals surface area (Å²) in [5.74, 6) is 1.26. The van der Waals surface area contributed by atoms with E-state index in [4.69, 9.17) is 8.83 Å². The van der Waals surface area contributed by atoms with Gasteiger partial charge in [-0.2, -0.15) is 0 Å². The molecule has 2 atom stereocenters. The van der Waals surface area contributed by atoms with E-state index in [-0.39, 0.29) is 11.3 Å². The summed E-state index contributed by atoms with van der Waals surface area (Å²) in [6.45, 7) is 2.28. The zero-order chi connectivity index (χ0) is 37.2. The third-order valence-corrected chi connectivity index (χ3v) is 11.8. The van der Waals surface area contributed by atoms with Crippen LogP contribution in [0.15, 0.2) is 203 Å². The van der Waals surface area contributed by atoms with Crippen molar-refractivity contribution in [3.05, 3.63) is 205 Å². The Kier molecular flexibility index (Phi) is 7.36. The summed E-state index contributed by atoms with van der Waals surface area (Å²) >= 11 is 0. The molecule has 3 heteroatoms. The fourth-order valence-electron chi connectivity index (χ4n) is 8.79. The summed E-state index contributed by atoms with van der Waals surface area (Å²) in [5.41, 5.74) is 13.6. The molecule has 9 aromatic rings. The molecule has 0 amide bonds. The summed E-state index contributed by atoms with van der Waals surface area (Å²) in [4.78, 5) is 2.32. The molecule has 0 saturated heterocycles. The Morgan fingerprint density at radius 1 is 0.482 bits per heavy atom. The lowest BCUT2D eigenvalue weighted by Gasteiger charge is -2.34. The van der Waals surface area contributed by atoms with Crippen LogP contribution in [0.25, 0.3) is 72.4 Å². The van der Waals surface area contributed by atoms with Crippen molar-refractivity contribution in [1.82, 2.24) is 0 Å². The van der Waals surface area contributed by atoms with E-state index >= 15 is 0 Å². The lowest BCUT2D eigenvalue weighted by atomic mass is 9.69. The maximum Gasteiger partial charge on any atom is 0.158 e. The number of furan rings is 2. The molecule has 2 heterocycles. The van der Waals surface area contributed by atoms with Crippen molar-refractivity contribution >= 4 is 56.0 Å². The molecule has 2 aromatic heterocycles. The average Bonchev–Trinajstić information content (AvgIpc) is 3.85. The monoisotopic (exact) mass is 719 g/mol. The minimum absolute atomic E-state index is 0.248. The second kappa shape index (κ2) is 12.8.